The van der Waals surface area contributed by atoms with Gasteiger partial charge in [-0.25, -0.2) is 9.78 Å². The Morgan fingerprint density at radius 2 is 2.11 bits per heavy atom. The first-order valence-electron chi connectivity index (χ1n) is 5.39. The molecule has 1 atom stereocenters. The van der Waals surface area contributed by atoms with Crippen molar-refractivity contribution in [3.05, 3.63) is 27.5 Å². The second-order valence-electron chi connectivity index (χ2n) is 4.76. The Kier molecular flexibility index (Phi) is 4.81. The number of esters is 1. The van der Waals surface area contributed by atoms with Crippen LogP contribution in [0.2, 0.25) is 10.2 Å². The van der Waals surface area contributed by atoms with Crippen LogP contribution < -0.4 is 0 Å². The highest BCUT2D eigenvalue weighted by Gasteiger charge is 2.25. The van der Waals surface area contributed by atoms with Crippen molar-refractivity contribution in [3.8, 4) is 12.3 Å². The van der Waals surface area contributed by atoms with E-state index in [0.29, 0.717) is 0 Å². The molecule has 19 heavy (non-hydrogen) atoms. The minimum atomic E-state index is -1.34. The zero-order chi connectivity index (χ0) is 14.8. The molecule has 1 unspecified atom stereocenters. The lowest BCUT2D eigenvalue weighted by Gasteiger charge is -2.20. The SMILES string of the molecule is C#CC(O)c1c(Cl)ncc(C(=O)OC(C)(C)C)c1Cl. The third-order valence-electron chi connectivity index (χ3n) is 2.05. The minimum absolute atomic E-state index is 0.00490. The van der Waals surface area contributed by atoms with Crippen molar-refractivity contribution in [2.75, 3.05) is 0 Å². The van der Waals surface area contributed by atoms with Crippen LogP contribution in [0.25, 0.3) is 0 Å². The molecule has 0 bridgehead atoms. The molecule has 6 heteroatoms. The molecule has 0 aliphatic heterocycles. The van der Waals surface area contributed by atoms with E-state index in [1.807, 2.05) is 0 Å². The van der Waals surface area contributed by atoms with E-state index in [4.69, 9.17) is 34.4 Å². The first kappa shape index (κ1) is 15.8. The molecule has 102 valence electrons. The van der Waals surface area contributed by atoms with Crippen LogP contribution in [0.3, 0.4) is 0 Å². The number of terminal acetylenes is 1. The van der Waals surface area contributed by atoms with Gasteiger partial charge in [-0.1, -0.05) is 29.1 Å². The highest BCUT2D eigenvalue weighted by atomic mass is 35.5. The van der Waals surface area contributed by atoms with Crippen molar-refractivity contribution in [2.45, 2.75) is 32.5 Å². The Morgan fingerprint density at radius 1 is 1.53 bits per heavy atom. The Bertz CT molecular complexity index is 544. The number of aromatic nitrogens is 1. The summed E-state index contributed by atoms with van der Waals surface area (Å²) < 4.78 is 5.17. The molecule has 0 saturated carbocycles. The van der Waals surface area contributed by atoms with Crippen LogP contribution in [0.5, 0.6) is 0 Å². The summed E-state index contributed by atoms with van der Waals surface area (Å²) in [5, 5.41) is 9.52. The summed E-state index contributed by atoms with van der Waals surface area (Å²) >= 11 is 11.8. The van der Waals surface area contributed by atoms with Crippen LogP contribution in [0, 0.1) is 12.3 Å². The fourth-order valence-electron chi connectivity index (χ4n) is 1.27. The monoisotopic (exact) mass is 301 g/mol. The van der Waals surface area contributed by atoms with Crippen LogP contribution in [0.15, 0.2) is 6.20 Å². The predicted molar refractivity (Wildman–Crippen MR) is 73.2 cm³/mol. The summed E-state index contributed by atoms with van der Waals surface area (Å²) in [6, 6.07) is 0. The van der Waals surface area contributed by atoms with E-state index in [0.717, 1.165) is 0 Å². The Hall–Kier alpha value is -1.28. The van der Waals surface area contributed by atoms with Gasteiger partial charge in [-0.15, -0.1) is 6.42 Å². The van der Waals surface area contributed by atoms with Gasteiger partial charge in [0.1, 0.15) is 16.9 Å². The van der Waals surface area contributed by atoms with E-state index in [2.05, 4.69) is 10.9 Å². The first-order valence-corrected chi connectivity index (χ1v) is 6.14. The van der Waals surface area contributed by atoms with Crippen molar-refractivity contribution < 1.29 is 14.6 Å². The maximum absolute atomic E-state index is 11.9. The van der Waals surface area contributed by atoms with Crippen molar-refractivity contribution in [3.63, 3.8) is 0 Å². The number of rotatable bonds is 2. The molecular weight excluding hydrogens is 289 g/mol. The second-order valence-corrected chi connectivity index (χ2v) is 5.50. The van der Waals surface area contributed by atoms with Gasteiger partial charge >= 0.3 is 5.97 Å². The second kappa shape index (κ2) is 5.79. The van der Waals surface area contributed by atoms with Crippen molar-refractivity contribution >= 4 is 29.2 Å². The lowest BCUT2D eigenvalue weighted by atomic mass is 10.1. The van der Waals surface area contributed by atoms with Gasteiger partial charge in [0.15, 0.2) is 0 Å². The number of halogens is 2. The quantitative estimate of drug-likeness (QED) is 0.518. The molecular formula is C13H13Cl2NO3. The molecule has 1 heterocycles. The summed E-state index contributed by atoms with van der Waals surface area (Å²) in [7, 11) is 0. The predicted octanol–water partition coefficient (Wildman–Crippen LogP) is 3.01. The lowest BCUT2D eigenvalue weighted by molar-refractivity contribution is 0.00691. The number of carbonyl (C=O) groups excluding carboxylic acids is 1. The molecule has 0 aliphatic carbocycles. The fraction of sp³-hybridized carbons (Fsp3) is 0.385. The summed E-state index contributed by atoms with van der Waals surface area (Å²) in [5.74, 6) is 1.41. The Labute approximate surface area is 121 Å². The zero-order valence-electron chi connectivity index (χ0n) is 10.7. The topological polar surface area (TPSA) is 59.4 Å². The van der Waals surface area contributed by atoms with Crippen LogP contribution in [-0.2, 0) is 4.74 Å². The number of carbonyl (C=O) groups is 1. The van der Waals surface area contributed by atoms with Gasteiger partial charge in [0, 0.05) is 11.8 Å². The molecule has 1 rings (SSSR count). The lowest BCUT2D eigenvalue weighted by Crippen LogP contribution is -2.24. The van der Waals surface area contributed by atoms with Crippen LogP contribution in [0.1, 0.15) is 42.8 Å². The van der Waals surface area contributed by atoms with E-state index in [-0.39, 0.29) is 21.3 Å². The number of hydrogen-bond acceptors (Lipinski definition) is 4. The summed E-state index contributed by atoms with van der Waals surface area (Å²) in [4.78, 5) is 15.7. The smallest absolute Gasteiger partial charge is 0.341 e. The van der Waals surface area contributed by atoms with E-state index in [1.54, 1.807) is 20.8 Å². The molecule has 0 amide bonds. The number of aliphatic hydroxyl groups excluding tert-OH is 1. The normalized spacial score (nSPS) is 12.7. The van der Waals surface area contributed by atoms with Crippen LogP contribution in [0.4, 0.5) is 0 Å². The average molecular weight is 302 g/mol. The van der Waals surface area contributed by atoms with Gasteiger partial charge in [-0.3, -0.25) is 0 Å². The van der Waals surface area contributed by atoms with Gasteiger partial charge in [0.2, 0.25) is 0 Å². The fourth-order valence-corrected chi connectivity index (χ4v) is 1.89. The number of pyridine rings is 1. The highest BCUT2D eigenvalue weighted by molar-refractivity contribution is 6.37. The van der Waals surface area contributed by atoms with Gasteiger partial charge in [0.25, 0.3) is 0 Å². The van der Waals surface area contributed by atoms with Crippen molar-refractivity contribution in [1.29, 1.82) is 0 Å². The minimum Gasteiger partial charge on any atom is -0.456 e. The van der Waals surface area contributed by atoms with Crippen molar-refractivity contribution in [2.24, 2.45) is 0 Å². The maximum Gasteiger partial charge on any atom is 0.341 e. The van der Waals surface area contributed by atoms with E-state index in [9.17, 15) is 9.90 Å². The molecule has 1 aromatic heterocycles. The molecule has 1 aromatic rings. The molecule has 0 aliphatic rings. The first-order chi connectivity index (χ1) is 8.67. The molecule has 0 saturated heterocycles. The number of ether oxygens (including phenoxy) is 1. The number of aliphatic hydroxyl groups is 1. The average Bonchev–Trinajstić information content (AvgIpc) is 2.26. The third-order valence-corrected chi connectivity index (χ3v) is 2.76. The van der Waals surface area contributed by atoms with Gasteiger partial charge in [0.05, 0.1) is 10.6 Å². The van der Waals surface area contributed by atoms with Crippen LogP contribution >= 0.6 is 23.2 Å². The molecule has 0 spiro atoms. The van der Waals surface area contributed by atoms with E-state index >= 15 is 0 Å². The molecule has 0 fully saturated rings. The van der Waals surface area contributed by atoms with Crippen molar-refractivity contribution in [1.82, 2.24) is 4.98 Å². The summed E-state index contributed by atoms with van der Waals surface area (Å²) in [6.45, 7) is 5.16. The Morgan fingerprint density at radius 3 is 2.58 bits per heavy atom. The van der Waals surface area contributed by atoms with E-state index in [1.165, 1.54) is 6.20 Å². The molecule has 1 N–H and O–H groups in total. The van der Waals surface area contributed by atoms with E-state index < -0.39 is 17.7 Å². The summed E-state index contributed by atoms with van der Waals surface area (Å²) in [5.41, 5.74) is -0.648. The number of nitrogens with zero attached hydrogens (tertiary/aromatic N) is 1. The zero-order valence-corrected chi connectivity index (χ0v) is 12.2. The largest absolute Gasteiger partial charge is 0.456 e. The van der Waals surface area contributed by atoms with Gasteiger partial charge < -0.3 is 9.84 Å². The van der Waals surface area contributed by atoms with Crippen LogP contribution in [-0.4, -0.2) is 21.7 Å². The maximum atomic E-state index is 11.9. The molecule has 0 radical (unpaired) electrons. The highest BCUT2D eigenvalue weighted by Crippen LogP contribution is 2.32. The van der Waals surface area contributed by atoms with Gasteiger partial charge in [-0.2, -0.15) is 0 Å². The molecule has 0 aromatic carbocycles. The Balaban J connectivity index is 3.26. The standard InChI is InChI=1S/C13H13Cl2NO3/c1-5-8(17)9-10(14)7(6-16-11(9)15)12(18)19-13(2,3)4/h1,6,8,17H,2-4H3. The molecule has 4 nitrogen and oxygen atoms in total. The van der Waals surface area contributed by atoms with Gasteiger partial charge in [-0.05, 0) is 20.8 Å². The third kappa shape index (κ3) is 3.84. The summed E-state index contributed by atoms with van der Waals surface area (Å²) in [6.07, 6.45) is 4.96. The number of hydrogen-bond donors (Lipinski definition) is 1.